The Hall–Kier alpha value is -3.91. The number of fused-ring (bicyclic) bond motifs is 1. The standard InChI is InChI=1S/C25H15BrFNO5/c26-15-7-10-19-14(11-15)12-20(33-19)23(30)21-22(13-5-8-16(27)9-6-13)28(25(32)24(21)31)17-3-1-2-4-18(17)29/h1-12,22,29,31H. The second-order valence-electron chi connectivity index (χ2n) is 7.50. The number of nitrogens with zero attached hydrogens (tertiary/aromatic N) is 1. The first-order chi connectivity index (χ1) is 15.8. The molecular formula is C25H15BrFNO5. The van der Waals surface area contributed by atoms with E-state index in [4.69, 9.17) is 4.42 Å². The van der Waals surface area contributed by atoms with Crippen LogP contribution in [-0.4, -0.2) is 21.9 Å². The highest BCUT2D eigenvalue weighted by atomic mass is 79.9. The fourth-order valence-corrected chi connectivity index (χ4v) is 4.35. The van der Waals surface area contributed by atoms with Gasteiger partial charge >= 0.3 is 0 Å². The molecule has 1 aliphatic heterocycles. The fourth-order valence-electron chi connectivity index (χ4n) is 3.97. The number of ketones is 1. The average Bonchev–Trinajstić information content (AvgIpc) is 3.33. The van der Waals surface area contributed by atoms with Crippen molar-refractivity contribution in [2.45, 2.75) is 6.04 Å². The third-order valence-electron chi connectivity index (χ3n) is 5.48. The van der Waals surface area contributed by atoms with Gasteiger partial charge in [0, 0.05) is 9.86 Å². The highest BCUT2D eigenvalue weighted by Crippen LogP contribution is 2.44. The zero-order chi connectivity index (χ0) is 23.3. The van der Waals surface area contributed by atoms with E-state index in [-0.39, 0.29) is 22.8 Å². The maximum atomic E-state index is 13.6. The van der Waals surface area contributed by atoms with Crippen LogP contribution in [0.4, 0.5) is 10.1 Å². The summed E-state index contributed by atoms with van der Waals surface area (Å²) in [6.07, 6.45) is 0. The van der Waals surface area contributed by atoms with Crippen LogP contribution in [0.15, 0.2) is 93.0 Å². The number of halogens is 2. The lowest BCUT2D eigenvalue weighted by Gasteiger charge is -2.27. The number of phenolic OH excluding ortho intramolecular Hbond substituents is 1. The molecule has 0 radical (unpaired) electrons. The van der Waals surface area contributed by atoms with Crippen molar-refractivity contribution in [3.8, 4) is 5.75 Å². The van der Waals surface area contributed by atoms with E-state index >= 15 is 0 Å². The van der Waals surface area contributed by atoms with Crippen molar-refractivity contribution in [2.75, 3.05) is 4.90 Å². The zero-order valence-electron chi connectivity index (χ0n) is 16.8. The molecule has 6 nitrogen and oxygen atoms in total. The van der Waals surface area contributed by atoms with E-state index in [1.54, 1.807) is 30.3 Å². The van der Waals surface area contributed by atoms with Crippen molar-refractivity contribution in [2.24, 2.45) is 0 Å². The lowest BCUT2D eigenvalue weighted by atomic mass is 9.94. The minimum Gasteiger partial charge on any atom is -0.506 e. The molecule has 2 heterocycles. The van der Waals surface area contributed by atoms with Gasteiger partial charge in [0.1, 0.15) is 17.1 Å². The van der Waals surface area contributed by atoms with E-state index in [1.807, 2.05) is 0 Å². The number of carbonyl (C=O) groups excluding carboxylic acids is 2. The van der Waals surface area contributed by atoms with Gasteiger partial charge in [-0.05, 0) is 54.1 Å². The first-order valence-corrected chi connectivity index (χ1v) is 10.7. The van der Waals surface area contributed by atoms with Crippen LogP contribution in [0.25, 0.3) is 11.0 Å². The van der Waals surface area contributed by atoms with E-state index in [9.17, 15) is 24.2 Å². The lowest BCUT2D eigenvalue weighted by molar-refractivity contribution is -0.117. The number of benzene rings is 3. The number of amides is 1. The topological polar surface area (TPSA) is 91.0 Å². The number of aliphatic hydroxyl groups is 1. The van der Waals surface area contributed by atoms with Gasteiger partial charge in [-0.2, -0.15) is 0 Å². The Bertz CT molecular complexity index is 1460. The van der Waals surface area contributed by atoms with Gasteiger partial charge in [0.15, 0.2) is 11.5 Å². The molecule has 1 aliphatic rings. The van der Waals surface area contributed by atoms with E-state index in [1.165, 1.54) is 42.5 Å². The predicted molar refractivity (Wildman–Crippen MR) is 123 cm³/mol. The van der Waals surface area contributed by atoms with Gasteiger partial charge in [0.05, 0.1) is 17.3 Å². The fraction of sp³-hybridized carbons (Fsp3) is 0.0400. The molecule has 0 fully saturated rings. The van der Waals surface area contributed by atoms with Crippen molar-refractivity contribution in [3.05, 3.63) is 106 Å². The number of furan rings is 1. The molecule has 1 atom stereocenters. The smallest absolute Gasteiger partial charge is 0.294 e. The van der Waals surface area contributed by atoms with Gasteiger partial charge < -0.3 is 14.6 Å². The monoisotopic (exact) mass is 507 g/mol. The van der Waals surface area contributed by atoms with Crippen molar-refractivity contribution in [3.63, 3.8) is 0 Å². The molecule has 2 N–H and O–H groups in total. The SMILES string of the molecule is O=C(C1=C(O)C(=O)N(c2ccccc2O)C1c1ccc(F)cc1)c1cc2cc(Br)ccc2o1. The van der Waals surface area contributed by atoms with E-state index < -0.39 is 29.3 Å². The third kappa shape index (κ3) is 3.48. The summed E-state index contributed by atoms with van der Waals surface area (Å²) in [4.78, 5) is 27.8. The minimum atomic E-state index is -1.11. The van der Waals surface area contributed by atoms with Crippen LogP contribution in [0.1, 0.15) is 22.2 Å². The van der Waals surface area contributed by atoms with Crippen LogP contribution in [0, 0.1) is 5.82 Å². The number of hydrogen-bond donors (Lipinski definition) is 2. The summed E-state index contributed by atoms with van der Waals surface area (Å²) in [5.41, 5.74) is 0.703. The van der Waals surface area contributed by atoms with Gasteiger partial charge in [-0.25, -0.2) is 4.39 Å². The summed E-state index contributed by atoms with van der Waals surface area (Å²) < 4.78 is 20.1. The molecule has 0 saturated carbocycles. The molecule has 0 bridgehead atoms. The highest BCUT2D eigenvalue weighted by molar-refractivity contribution is 9.10. The maximum absolute atomic E-state index is 13.6. The summed E-state index contributed by atoms with van der Waals surface area (Å²) in [5, 5.41) is 21.8. The van der Waals surface area contributed by atoms with Crippen molar-refractivity contribution in [1.82, 2.24) is 0 Å². The predicted octanol–water partition coefficient (Wildman–Crippen LogP) is 5.82. The van der Waals surface area contributed by atoms with Crippen molar-refractivity contribution in [1.29, 1.82) is 0 Å². The highest BCUT2D eigenvalue weighted by Gasteiger charge is 2.46. The summed E-state index contributed by atoms with van der Waals surface area (Å²) in [5.74, 6) is -3.11. The quantitative estimate of drug-likeness (QED) is 0.339. The number of carbonyl (C=O) groups is 2. The Labute approximate surface area is 195 Å². The lowest BCUT2D eigenvalue weighted by Crippen LogP contribution is -2.31. The van der Waals surface area contributed by atoms with Crippen molar-refractivity contribution < 1.29 is 28.6 Å². The number of aliphatic hydroxyl groups excluding tert-OH is 1. The zero-order valence-corrected chi connectivity index (χ0v) is 18.4. The third-order valence-corrected chi connectivity index (χ3v) is 5.98. The summed E-state index contributed by atoms with van der Waals surface area (Å²) in [6.45, 7) is 0. The van der Waals surface area contributed by atoms with Gasteiger partial charge in [0.25, 0.3) is 5.91 Å². The Morgan fingerprint density at radius 1 is 1.00 bits per heavy atom. The summed E-state index contributed by atoms with van der Waals surface area (Å²) in [6, 6.07) is 16.9. The van der Waals surface area contributed by atoms with Crippen LogP contribution in [0.2, 0.25) is 0 Å². The van der Waals surface area contributed by atoms with Crippen LogP contribution in [-0.2, 0) is 4.79 Å². The number of phenols is 1. The van der Waals surface area contributed by atoms with E-state index in [0.717, 1.165) is 9.37 Å². The molecule has 164 valence electrons. The molecular weight excluding hydrogens is 493 g/mol. The van der Waals surface area contributed by atoms with E-state index in [0.29, 0.717) is 16.5 Å². The molecule has 0 spiro atoms. The Morgan fingerprint density at radius 3 is 2.45 bits per heavy atom. The summed E-state index contributed by atoms with van der Waals surface area (Å²) in [7, 11) is 0. The molecule has 1 aromatic heterocycles. The molecule has 1 unspecified atom stereocenters. The Kier molecular flexibility index (Phi) is 5.02. The van der Waals surface area contributed by atoms with E-state index in [2.05, 4.69) is 15.9 Å². The number of aromatic hydroxyl groups is 1. The number of hydrogen-bond acceptors (Lipinski definition) is 5. The van der Waals surface area contributed by atoms with Gasteiger partial charge in [-0.15, -0.1) is 0 Å². The second kappa shape index (κ2) is 7.90. The summed E-state index contributed by atoms with van der Waals surface area (Å²) >= 11 is 3.37. The first-order valence-electron chi connectivity index (χ1n) is 9.89. The Morgan fingerprint density at radius 2 is 1.73 bits per heavy atom. The van der Waals surface area contributed by atoms with Gasteiger partial charge in [-0.1, -0.05) is 40.2 Å². The van der Waals surface area contributed by atoms with Gasteiger partial charge in [0.2, 0.25) is 5.78 Å². The number of para-hydroxylation sites is 2. The second-order valence-corrected chi connectivity index (χ2v) is 8.42. The van der Waals surface area contributed by atoms with Crippen LogP contribution < -0.4 is 4.90 Å². The van der Waals surface area contributed by atoms with Crippen molar-refractivity contribution >= 4 is 44.3 Å². The normalized spacial score (nSPS) is 16.1. The first kappa shape index (κ1) is 21.0. The van der Waals surface area contributed by atoms with Crippen LogP contribution in [0.3, 0.4) is 0 Å². The molecule has 5 rings (SSSR count). The Balaban J connectivity index is 1.67. The van der Waals surface area contributed by atoms with Crippen LogP contribution >= 0.6 is 15.9 Å². The minimum absolute atomic E-state index is 0.0660. The van der Waals surface area contributed by atoms with Crippen LogP contribution in [0.5, 0.6) is 5.75 Å². The number of rotatable bonds is 4. The molecule has 33 heavy (non-hydrogen) atoms. The average molecular weight is 508 g/mol. The maximum Gasteiger partial charge on any atom is 0.294 e. The molecule has 8 heteroatoms. The number of Topliss-reactive ketones (excluding diaryl/α,β-unsaturated/α-hetero) is 1. The molecule has 4 aromatic rings. The molecule has 0 saturated heterocycles. The largest absolute Gasteiger partial charge is 0.506 e. The van der Waals surface area contributed by atoms with Gasteiger partial charge in [-0.3, -0.25) is 14.5 Å². The number of anilines is 1. The molecule has 0 aliphatic carbocycles. The molecule has 3 aromatic carbocycles. The molecule has 1 amide bonds.